The van der Waals surface area contributed by atoms with Crippen LogP contribution in [-0.4, -0.2) is 19.1 Å². The number of hydrogen-bond donors (Lipinski definition) is 1. The number of anilines is 2. The summed E-state index contributed by atoms with van der Waals surface area (Å²) >= 11 is 0. The normalized spacial score (nSPS) is 10.2. The molecule has 0 fully saturated rings. The zero-order valence-electron chi connectivity index (χ0n) is 10.6. The van der Waals surface area contributed by atoms with Gasteiger partial charge >= 0.3 is 0 Å². The Morgan fingerprint density at radius 3 is 2.72 bits per heavy atom. The Kier molecular flexibility index (Phi) is 3.79. The van der Waals surface area contributed by atoms with E-state index in [2.05, 4.69) is 11.1 Å². The lowest BCUT2D eigenvalue weighted by Gasteiger charge is -2.19. The molecular weight excluding hydrogens is 226 g/mol. The number of benzene rings is 1. The first-order valence-corrected chi connectivity index (χ1v) is 5.77. The zero-order valence-corrected chi connectivity index (χ0v) is 10.6. The highest BCUT2D eigenvalue weighted by Gasteiger charge is 2.05. The Hall–Kier alpha value is -2.07. The van der Waals surface area contributed by atoms with Gasteiger partial charge in [-0.05, 0) is 29.8 Å². The van der Waals surface area contributed by atoms with Crippen molar-refractivity contribution in [1.29, 1.82) is 0 Å². The zero-order chi connectivity index (χ0) is 13.0. The van der Waals surface area contributed by atoms with Crippen molar-refractivity contribution in [3.63, 3.8) is 0 Å². The lowest BCUT2D eigenvalue weighted by atomic mass is 10.2. The van der Waals surface area contributed by atoms with E-state index in [0.29, 0.717) is 6.54 Å². The van der Waals surface area contributed by atoms with Gasteiger partial charge in [-0.2, -0.15) is 0 Å². The van der Waals surface area contributed by atoms with Crippen LogP contribution in [0.2, 0.25) is 0 Å². The van der Waals surface area contributed by atoms with Crippen molar-refractivity contribution in [2.24, 2.45) is 5.73 Å². The molecule has 0 aliphatic rings. The summed E-state index contributed by atoms with van der Waals surface area (Å²) in [5.41, 5.74) is 7.81. The molecule has 0 atom stereocenters. The maximum Gasteiger partial charge on any atom is 0.137 e. The molecule has 1 aromatic heterocycles. The second-order valence-corrected chi connectivity index (χ2v) is 3.99. The Morgan fingerprint density at radius 2 is 2.11 bits per heavy atom. The van der Waals surface area contributed by atoms with E-state index in [0.717, 1.165) is 22.8 Å². The molecule has 0 unspecified atom stereocenters. The average molecular weight is 243 g/mol. The van der Waals surface area contributed by atoms with Gasteiger partial charge in [0.2, 0.25) is 0 Å². The van der Waals surface area contributed by atoms with Crippen LogP contribution in [0, 0.1) is 0 Å². The highest BCUT2D eigenvalue weighted by Crippen LogP contribution is 2.23. The Labute approximate surface area is 107 Å². The molecule has 1 aromatic carbocycles. The summed E-state index contributed by atoms with van der Waals surface area (Å²) < 4.78 is 5.09. The van der Waals surface area contributed by atoms with E-state index in [4.69, 9.17) is 10.5 Å². The van der Waals surface area contributed by atoms with Gasteiger partial charge in [-0.1, -0.05) is 12.1 Å². The second kappa shape index (κ2) is 5.51. The number of aromatic nitrogens is 1. The van der Waals surface area contributed by atoms with Crippen LogP contribution >= 0.6 is 0 Å². The quantitative estimate of drug-likeness (QED) is 0.895. The third-order valence-electron chi connectivity index (χ3n) is 2.83. The topological polar surface area (TPSA) is 51.4 Å². The van der Waals surface area contributed by atoms with Crippen molar-refractivity contribution in [2.75, 3.05) is 19.1 Å². The third kappa shape index (κ3) is 2.60. The first-order chi connectivity index (χ1) is 8.74. The first kappa shape index (κ1) is 12.4. The van der Waals surface area contributed by atoms with Crippen LogP contribution in [0.3, 0.4) is 0 Å². The summed E-state index contributed by atoms with van der Waals surface area (Å²) in [4.78, 5) is 6.36. The van der Waals surface area contributed by atoms with Crippen molar-refractivity contribution in [3.8, 4) is 5.75 Å². The molecule has 4 heteroatoms. The highest BCUT2D eigenvalue weighted by atomic mass is 16.5. The molecule has 0 saturated heterocycles. The van der Waals surface area contributed by atoms with Crippen LogP contribution in [0.4, 0.5) is 11.5 Å². The van der Waals surface area contributed by atoms with Gasteiger partial charge in [0.15, 0.2) is 0 Å². The average Bonchev–Trinajstić information content (AvgIpc) is 2.46. The van der Waals surface area contributed by atoms with Crippen LogP contribution in [0.15, 0.2) is 42.6 Å². The summed E-state index contributed by atoms with van der Waals surface area (Å²) in [6.45, 7) is 0.539. The summed E-state index contributed by atoms with van der Waals surface area (Å²) in [5, 5.41) is 0. The van der Waals surface area contributed by atoms with Gasteiger partial charge in [0, 0.05) is 19.3 Å². The standard InChI is InChI=1S/C14H17N3O/c1-17(12-5-3-4-11(8-12)9-15)14-7-6-13(18-2)10-16-14/h3-8,10H,9,15H2,1-2H3. The Morgan fingerprint density at radius 1 is 1.28 bits per heavy atom. The van der Waals surface area contributed by atoms with Crippen LogP contribution in [-0.2, 0) is 6.54 Å². The van der Waals surface area contributed by atoms with Crippen LogP contribution in [0.5, 0.6) is 5.75 Å². The number of ether oxygens (including phenoxy) is 1. The van der Waals surface area contributed by atoms with Gasteiger partial charge in [0.1, 0.15) is 11.6 Å². The SMILES string of the molecule is COc1ccc(N(C)c2cccc(CN)c2)nc1. The molecule has 0 aliphatic heterocycles. The molecule has 0 amide bonds. The molecule has 94 valence electrons. The molecular formula is C14H17N3O. The summed E-state index contributed by atoms with van der Waals surface area (Å²) in [6.07, 6.45) is 1.71. The highest BCUT2D eigenvalue weighted by molar-refractivity contribution is 5.60. The van der Waals surface area contributed by atoms with Gasteiger partial charge in [-0.3, -0.25) is 0 Å². The molecule has 4 nitrogen and oxygen atoms in total. The Balaban J connectivity index is 2.25. The van der Waals surface area contributed by atoms with Crippen LogP contribution < -0.4 is 15.4 Å². The van der Waals surface area contributed by atoms with Crippen molar-refractivity contribution >= 4 is 11.5 Å². The van der Waals surface area contributed by atoms with Crippen LogP contribution in [0.25, 0.3) is 0 Å². The van der Waals surface area contributed by atoms with E-state index >= 15 is 0 Å². The molecule has 0 radical (unpaired) electrons. The number of nitrogens with two attached hydrogens (primary N) is 1. The smallest absolute Gasteiger partial charge is 0.137 e. The lowest BCUT2D eigenvalue weighted by Crippen LogP contribution is -2.11. The second-order valence-electron chi connectivity index (χ2n) is 3.99. The van der Waals surface area contributed by atoms with Crippen molar-refractivity contribution < 1.29 is 4.74 Å². The van der Waals surface area contributed by atoms with E-state index in [9.17, 15) is 0 Å². The van der Waals surface area contributed by atoms with Gasteiger partial charge in [-0.15, -0.1) is 0 Å². The minimum atomic E-state index is 0.539. The van der Waals surface area contributed by atoms with E-state index < -0.39 is 0 Å². The van der Waals surface area contributed by atoms with E-state index in [1.165, 1.54) is 0 Å². The maximum atomic E-state index is 5.64. The maximum absolute atomic E-state index is 5.64. The third-order valence-corrected chi connectivity index (χ3v) is 2.83. The minimum absolute atomic E-state index is 0.539. The minimum Gasteiger partial charge on any atom is -0.495 e. The molecule has 2 rings (SSSR count). The lowest BCUT2D eigenvalue weighted by molar-refractivity contribution is 0.413. The molecule has 1 heterocycles. The predicted molar refractivity (Wildman–Crippen MR) is 73.2 cm³/mol. The molecule has 0 aliphatic carbocycles. The van der Waals surface area contributed by atoms with Gasteiger partial charge in [0.25, 0.3) is 0 Å². The molecule has 2 N–H and O–H groups in total. The van der Waals surface area contributed by atoms with E-state index in [1.54, 1.807) is 13.3 Å². The predicted octanol–water partition coefficient (Wildman–Crippen LogP) is 2.32. The number of nitrogens with zero attached hydrogens (tertiary/aromatic N) is 2. The fourth-order valence-electron chi connectivity index (χ4n) is 1.72. The molecule has 0 bridgehead atoms. The Bertz CT molecular complexity index is 511. The molecule has 18 heavy (non-hydrogen) atoms. The number of rotatable bonds is 4. The van der Waals surface area contributed by atoms with E-state index in [1.807, 2.05) is 42.3 Å². The van der Waals surface area contributed by atoms with Crippen LogP contribution in [0.1, 0.15) is 5.56 Å². The number of methoxy groups -OCH3 is 1. The fraction of sp³-hybridized carbons (Fsp3) is 0.214. The van der Waals surface area contributed by atoms with Gasteiger partial charge in [0.05, 0.1) is 13.3 Å². The molecule has 2 aromatic rings. The number of pyridine rings is 1. The monoisotopic (exact) mass is 243 g/mol. The molecule has 0 saturated carbocycles. The number of hydrogen-bond acceptors (Lipinski definition) is 4. The molecule has 0 spiro atoms. The van der Waals surface area contributed by atoms with Gasteiger partial charge < -0.3 is 15.4 Å². The summed E-state index contributed by atoms with van der Waals surface area (Å²) in [5.74, 6) is 1.62. The van der Waals surface area contributed by atoms with E-state index in [-0.39, 0.29) is 0 Å². The summed E-state index contributed by atoms with van der Waals surface area (Å²) in [7, 11) is 3.61. The van der Waals surface area contributed by atoms with Crippen molar-refractivity contribution in [1.82, 2.24) is 4.98 Å². The van der Waals surface area contributed by atoms with Gasteiger partial charge in [-0.25, -0.2) is 4.98 Å². The van der Waals surface area contributed by atoms with Crippen molar-refractivity contribution in [3.05, 3.63) is 48.2 Å². The first-order valence-electron chi connectivity index (χ1n) is 5.77. The fourth-order valence-corrected chi connectivity index (χ4v) is 1.72. The van der Waals surface area contributed by atoms with Crippen molar-refractivity contribution in [2.45, 2.75) is 6.54 Å². The summed E-state index contributed by atoms with van der Waals surface area (Å²) in [6, 6.07) is 11.9. The largest absolute Gasteiger partial charge is 0.495 e.